The third kappa shape index (κ3) is 5.40. The van der Waals surface area contributed by atoms with E-state index >= 15 is 0 Å². The molecule has 0 aromatic rings. The van der Waals surface area contributed by atoms with Gasteiger partial charge in [-0.1, -0.05) is 0 Å². The summed E-state index contributed by atoms with van der Waals surface area (Å²) >= 11 is 0. The number of Topliss-reactive ketones (excluding diaryl/α,β-unsaturated/α-hetero) is 1. The number of rotatable bonds is 5. The summed E-state index contributed by atoms with van der Waals surface area (Å²) in [6, 6.07) is 0. The predicted molar refractivity (Wildman–Crippen MR) is 38.5 cm³/mol. The number of ketones is 1. The standard InChI is InChI=1S/C7H10O5/c1-12-7(11)3-2-5(8)4-6(9)10/h2-4H2,1H3,(H,9,10). The second kappa shape index (κ2) is 5.29. The Kier molecular flexibility index (Phi) is 4.67. The SMILES string of the molecule is COC(=O)CCC(=O)CC(=O)O. The normalized spacial score (nSPS) is 9.08. The molecule has 0 radical (unpaired) electrons. The fraction of sp³-hybridized carbons (Fsp3) is 0.571. The van der Waals surface area contributed by atoms with Crippen LogP contribution < -0.4 is 0 Å². The number of carbonyl (C=O) groups excluding carboxylic acids is 2. The van der Waals surface area contributed by atoms with E-state index in [1.165, 1.54) is 7.11 Å². The zero-order valence-electron chi connectivity index (χ0n) is 6.70. The molecule has 0 unspecified atom stereocenters. The van der Waals surface area contributed by atoms with Crippen LogP contribution in [0.5, 0.6) is 0 Å². The first kappa shape index (κ1) is 10.6. The number of hydrogen-bond donors (Lipinski definition) is 1. The van der Waals surface area contributed by atoms with Gasteiger partial charge in [0.2, 0.25) is 0 Å². The summed E-state index contributed by atoms with van der Waals surface area (Å²) in [4.78, 5) is 31.2. The first-order valence-corrected chi connectivity index (χ1v) is 3.36. The summed E-state index contributed by atoms with van der Waals surface area (Å²) in [7, 11) is 1.21. The van der Waals surface area contributed by atoms with Crippen molar-refractivity contribution < 1.29 is 24.2 Å². The zero-order valence-corrected chi connectivity index (χ0v) is 6.70. The highest BCUT2D eigenvalue weighted by molar-refractivity contribution is 5.95. The zero-order chi connectivity index (χ0) is 9.56. The number of ether oxygens (including phenoxy) is 1. The maximum absolute atomic E-state index is 10.7. The van der Waals surface area contributed by atoms with E-state index in [2.05, 4.69) is 4.74 Å². The molecule has 0 fully saturated rings. The molecule has 0 aromatic heterocycles. The van der Waals surface area contributed by atoms with Gasteiger partial charge in [-0.3, -0.25) is 14.4 Å². The first-order valence-electron chi connectivity index (χ1n) is 3.36. The second-order valence-corrected chi connectivity index (χ2v) is 2.19. The van der Waals surface area contributed by atoms with E-state index in [-0.39, 0.29) is 12.8 Å². The van der Waals surface area contributed by atoms with Crippen molar-refractivity contribution >= 4 is 17.7 Å². The smallest absolute Gasteiger partial charge is 0.310 e. The van der Waals surface area contributed by atoms with Gasteiger partial charge in [0, 0.05) is 6.42 Å². The number of carbonyl (C=O) groups is 3. The Morgan fingerprint density at radius 3 is 2.25 bits per heavy atom. The summed E-state index contributed by atoms with van der Waals surface area (Å²) in [5.74, 6) is -2.15. The van der Waals surface area contributed by atoms with Crippen LogP contribution in [0, 0.1) is 0 Å². The summed E-state index contributed by atoms with van der Waals surface area (Å²) in [5, 5.41) is 8.17. The van der Waals surface area contributed by atoms with Crippen molar-refractivity contribution in [3.63, 3.8) is 0 Å². The molecule has 1 N–H and O–H groups in total. The van der Waals surface area contributed by atoms with Crippen molar-refractivity contribution in [1.29, 1.82) is 0 Å². The van der Waals surface area contributed by atoms with Crippen molar-refractivity contribution in [2.24, 2.45) is 0 Å². The molecule has 0 heterocycles. The third-order valence-corrected chi connectivity index (χ3v) is 1.18. The van der Waals surface area contributed by atoms with Crippen LogP contribution in [0.4, 0.5) is 0 Å². The van der Waals surface area contributed by atoms with Crippen molar-refractivity contribution in [3.05, 3.63) is 0 Å². The van der Waals surface area contributed by atoms with Gasteiger partial charge in [0.05, 0.1) is 13.5 Å². The van der Waals surface area contributed by atoms with Crippen LogP contribution in [0.1, 0.15) is 19.3 Å². The van der Waals surface area contributed by atoms with Gasteiger partial charge in [-0.15, -0.1) is 0 Å². The van der Waals surface area contributed by atoms with E-state index < -0.39 is 24.1 Å². The summed E-state index contributed by atoms with van der Waals surface area (Å²) in [6.45, 7) is 0. The van der Waals surface area contributed by atoms with Gasteiger partial charge in [-0.05, 0) is 0 Å². The van der Waals surface area contributed by atoms with Crippen molar-refractivity contribution in [3.8, 4) is 0 Å². The summed E-state index contributed by atoms with van der Waals surface area (Å²) < 4.78 is 4.27. The highest BCUT2D eigenvalue weighted by Gasteiger charge is 2.09. The molecule has 5 nitrogen and oxygen atoms in total. The lowest BCUT2D eigenvalue weighted by atomic mass is 10.2. The van der Waals surface area contributed by atoms with Crippen molar-refractivity contribution in [2.45, 2.75) is 19.3 Å². The van der Waals surface area contributed by atoms with Crippen LogP contribution >= 0.6 is 0 Å². The fourth-order valence-electron chi connectivity index (χ4n) is 0.601. The molecule has 0 aromatic carbocycles. The van der Waals surface area contributed by atoms with Gasteiger partial charge >= 0.3 is 11.9 Å². The van der Waals surface area contributed by atoms with E-state index in [9.17, 15) is 14.4 Å². The first-order chi connectivity index (χ1) is 5.56. The third-order valence-electron chi connectivity index (χ3n) is 1.18. The number of methoxy groups -OCH3 is 1. The number of carboxylic acid groups (broad SMARTS) is 1. The minimum atomic E-state index is -1.18. The Balaban J connectivity index is 3.57. The van der Waals surface area contributed by atoms with E-state index in [1.807, 2.05) is 0 Å². The van der Waals surface area contributed by atoms with Gasteiger partial charge < -0.3 is 9.84 Å². The van der Waals surface area contributed by atoms with Gasteiger partial charge in [0.1, 0.15) is 12.2 Å². The molecule has 0 aliphatic carbocycles. The van der Waals surface area contributed by atoms with E-state index in [0.717, 1.165) is 0 Å². The van der Waals surface area contributed by atoms with Gasteiger partial charge in [-0.2, -0.15) is 0 Å². The molecule has 5 heteroatoms. The lowest BCUT2D eigenvalue weighted by molar-refractivity contribution is -0.144. The van der Waals surface area contributed by atoms with E-state index in [1.54, 1.807) is 0 Å². The molecule has 0 atom stereocenters. The Hall–Kier alpha value is -1.39. The van der Waals surface area contributed by atoms with Crippen LogP contribution in [-0.2, 0) is 19.1 Å². The molecule has 0 saturated carbocycles. The Labute approximate surface area is 69.3 Å². The summed E-state index contributed by atoms with van der Waals surface area (Å²) in [5.41, 5.74) is 0. The monoisotopic (exact) mass is 174 g/mol. The quantitative estimate of drug-likeness (QED) is 0.468. The molecule has 0 aliphatic heterocycles. The van der Waals surface area contributed by atoms with Crippen LogP contribution in [0.15, 0.2) is 0 Å². The highest BCUT2D eigenvalue weighted by Crippen LogP contribution is 1.96. The molecular formula is C7H10O5. The number of hydrogen-bond acceptors (Lipinski definition) is 4. The Bertz CT molecular complexity index is 196. The summed E-state index contributed by atoms with van der Waals surface area (Å²) in [6.07, 6.45) is -0.654. The van der Waals surface area contributed by atoms with Crippen molar-refractivity contribution in [1.82, 2.24) is 0 Å². The minimum Gasteiger partial charge on any atom is -0.481 e. The van der Waals surface area contributed by atoms with Crippen LogP contribution in [0.25, 0.3) is 0 Å². The molecule has 0 aliphatic rings. The van der Waals surface area contributed by atoms with E-state index in [4.69, 9.17) is 5.11 Å². The lowest BCUT2D eigenvalue weighted by Gasteiger charge is -1.96. The van der Waals surface area contributed by atoms with Crippen molar-refractivity contribution in [2.75, 3.05) is 7.11 Å². The molecule has 68 valence electrons. The van der Waals surface area contributed by atoms with Gasteiger partial charge in [-0.25, -0.2) is 0 Å². The van der Waals surface area contributed by atoms with Gasteiger partial charge in [0.25, 0.3) is 0 Å². The predicted octanol–water partition coefficient (Wildman–Crippen LogP) is -0.0166. The maximum atomic E-state index is 10.7. The second-order valence-electron chi connectivity index (χ2n) is 2.19. The van der Waals surface area contributed by atoms with E-state index in [0.29, 0.717) is 0 Å². The molecule has 0 amide bonds. The minimum absolute atomic E-state index is 0.0530. The van der Waals surface area contributed by atoms with Crippen LogP contribution in [0.2, 0.25) is 0 Å². The fourth-order valence-corrected chi connectivity index (χ4v) is 0.601. The maximum Gasteiger partial charge on any atom is 0.310 e. The average Bonchev–Trinajstić information content (AvgIpc) is 1.99. The molecular weight excluding hydrogens is 164 g/mol. The molecule has 0 spiro atoms. The Morgan fingerprint density at radius 2 is 1.83 bits per heavy atom. The largest absolute Gasteiger partial charge is 0.481 e. The number of esters is 1. The highest BCUT2D eigenvalue weighted by atomic mass is 16.5. The number of carboxylic acids is 1. The van der Waals surface area contributed by atoms with Crippen LogP contribution in [0.3, 0.4) is 0 Å². The molecule has 0 rings (SSSR count). The number of aliphatic carboxylic acids is 1. The van der Waals surface area contributed by atoms with Crippen LogP contribution in [-0.4, -0.2) is 29.9 Å². The molecule has 0 saturated heterocycles. The molecule has 0 bridgehead atoms. The Morgan fingerprint density at radius 1 is 1.25 bits per heavy atom. The lowest BCUT2D eigenvalue weighted by Crippen LogP contribution is -2.09. The topological polar surface area (TPSA) is 80.7 Å². The molecule has 12 heavy (non-hydrogen) atoms. The van der Waals surface area contributed by atoms with Gasteiger partial charge in [0.15, 0.2) is 0 Å². The average molecular weight is 174 g/mol.